The lowest BCUT2D eigenvalue weighted by molar-refractivity contribution is -0.117. The van der Waals surface area contributed by atoms with Crippen molar-refractivity contribution in [2.45, 2.75) is 43.7 Å². The number of methoxy groups -OCH3 is 1. The van der Waals surface area contributed by atoms with Crippen LogP contribution in [0.3, 0.4) is 0 Å². The van der Waals surface area contributed by atoms with Crippen LogP contribution < -0.4 is 4.90 Å². The standard InChI is InChI=1S/C19H29N3O4S/c1-15-13-20(14-16(2)21(15)11-12-26-3)27(24,25)18-8-6-17(7-9-18)22-10-4-5-19(22)23/h6-9,15-16H,4-5,10-14H2,1-3H3. The molecule has 8 heteroatoms. The smallest absolute Gasteiger partial charge is 0.243 e. The van der Waals surface area contributed by atoms with Gasteiger partial charge in [-0.3, -0.25) is 9.69 Å². The molecular formula is C19H29N3O4S. The summed E-state index contributed by atoms with van der Waals surface area (Å²) in [6, 6.07) is 6.95. The SMILES string of the molecule is COCCN1C(C)CN(S(=O)(=O)c2ccc(N3CCCC3=O)cc2)CC1C. The van der Waals surface area contributed by atoms with Gasteiger partial charge in [-0.1, -0.05) is 0 Å². The monoisotopic (exact) mass is 395 g/mol. The fourth-order valence-electron chi connectivity index (χ4n) is 4.01. The number of piperazine rings is 1. The Morgan fingerprint density at radius 1 is 1.11 bits per heavy atom. The van der Waals surface area contributed by atoms with E-state index in [0.29, 0.717) is 32.7 Å². The topological polar surface area (TPSA) is 70.2 Å². The van der Waals surface area contributed by atoms with Gasteiger partial charge in [-0.15, -0.1) is 0 Å². The van der Waals surface area contributed by atoms with Crippen molar-refractivity contribution >= 4 is 21.6 Å². The van der Waals surface area contributed by atoms with Crippen molar-refractivity contribution in [2.75, 3.05) is 44.8 Å². The number of hydrogen-bond acceptors (Lipinski definition) is 5. The maximum atomic E-state index is 13.1. The molecule has 2 aliphatic heterocycles. The van der Waals surface area contributed by atoms with E-state index >= 15 is 0 Å². The number of anilines is 1. The van der Waals surface area contributed by atoms with Crippen LogP contribution in [0.4, 0.5) is 5.69 Å². The Bertz CT molecular complexity index is 754. The molecule has 2 fully saturated rings. The molecule has 0 radical (unpaired) electrons. The van der Waals surface area contributed by atoms with Crippen LogP contribution in [0.2, 0.25) is 0 Å². The number of carbonyl (C=O) groups excluding carboxylic acids is 1. The van der Waals surface area contributed by atoms with Gasteiger partial charge in [-0.2, -0.15) is 4.31 Å². The van der Waals surface area contributed by atoms with Crippen LogP contribution in [0.5, 0.6) is 0 Å². The minimum absolute atomic E-state index is 0.0976. The Morgan fingerprint density at radius 3 is 2.26 bits per heavy atom. The van der Waals surface area contributed by atoms with E-state index in [9.17, 15) is 13.2 Å². The van der Waals surface area contributed by atoms with Gasteiger partial charge in [0.25, 0.3) is 0 Å². The van der Waals surface area contributed by atoms with E-state index in [1.54, 1.807) is 40.6 Å². The van der Waals surface area contributed by atoms with Crippen LogP contribution in [0.15, 0.2) is 29.2 Å². The van der Waals surface area contributed by atoms with Crippen molar-refractivity contribution in [1.29, 1.82) is 0 Å². The minimum atomic E-state index is -3.55. The van der Waals surface area contributed by atoms with Crippen molar-refractivity contribution in [1.82, 2.24) is 9.21 Å². The van der Waals surface area contributed by atoms with E-state index < -0.39 is 10.0 Å². The van der Waals surface area contributed by atoms with Crippen LogP contribution in [-0.2, 0) is 19.6 Å². The first-order valence-electron chi connectivity index (χ1n) is 9.50. The molecule has 2 heterocycles. The second kappa shape index (κ2) is 8.26. The summed E-state index contributed by atoms with van der Waals surface area (Å²) >= 11 is 0. The molecule has 1 aromatic rings. The largest absolute Gasteiger partial charge is 0.383 e. The summed E-state index contributed by atoms with van der Waals surface area (Å²) in [5.74, 6) is 0.0976. The van der Waals surface area contributed by atoms with Crippen molar-refractivity contribution in [3.8, 4) is 0 Å². The fourth-order valence-corrected chi connectivity index (χ4v) is 5.61. The number of amides is 1. The van der Waals surface area contributed by atoms with Gasteiger partial charge >= 0.3 is 0 Å². The van der Waals surface area contributed by atoms with Gasteiger partial charge in [0.1, 0.15) is 0 Å². The lowest BCUT2D eigenvalue weighted by Crippen LogP contribution is -2.58. The number of nitrogens with zero attached hydrogens (tertiary/aromatic N) is 3. The Hall–Kier alpha value is -1.48. The van der Waals surface area contributed by atoms with Gasteiger partial charge in [0.2, 0.25) is 15.9 Å². The molecule has 3 rings (SSSR count). The molecule has 0 aliphatic carbocycles. The molecule has 7 nitrogen and oxygen atoms in total. The molecule has 0 saturated carbocycles. The maximum Gasteiger partial charge on any atom is 0.243 e. The number of hydrogen-bond donors (Lipinski definition) is 0. The summed E-state index contributed by atoms with van der Waals surface area (Å²) in [5, 5.41) is 0. The molecule has 0 N–H and O–H groups in total. The van der Waals surface area contributed by atoms with E-state index in [2.05, 4.69) is 18.7 Å². The lowest BCUT2D eigenvalue weighted by Gasteiger charge is -2.43. The summed E-state index contributed by atoms with van der Waals surface area (Å²) in [5.41, 5.74) is 0.766. The zero-order valence-corrected chi connectivity index (χ0v) is 17.1. The summed E-state index contributed by atoms with van der Waals surface area (Å²) in [6.07, 6.45) is 1.41. The second-order valence-corrected chi connectivity index (χ2v) is 9.33. The van der Waals surface area contributed by atoms with Gasteiger partial charge in [0.15, 0.2) is 0 Å². The van der Waals surface area contributed by atoms with Crippen LogP contribution in [0, 0.1) is 0 Å². The summed E-state index contributed by atoms with van der Waals surface area (Å²) in [4.78, 5) is 16.2. The normalized spacial score (nSPS) is 25.3. The van der Waals surface area contributed by atoms with E-state index in [1.807, 2.05) is 0 Å². The van der Waals surface area contributed by atoms with Gasteiger partial charge < -0.3 is 9.64 Å². The zero-order chi connectivity index (χ0) is 19.6. The van der Waals surface area contributed by atoms with Crippen LogP contribution in [-0.4, -0.2) is 75.5 Å². The predicted octanol–water partition coefficient (Wildman–Crippen LogP) is 1.54. The summed E-state index contributed by atoms with van der Waals surface area (Å²) < 4.78 is 32.9. The molecule has 2 saturated heterocycles. The number of sulfonamides is 1. The number of ether oxygens (including phenoxy) is 1. The fraction of sp³-hybridized carbons (Fsp3) is 0.632. The molecule has 0 spiro atoms. The van der Waals surface area contributed by atoms with Gasteiger partial charge in [-0.25, -0.2) is 8.42 Å². The van der Waals surface area contributed by atoms with E-state index in [-0.39, 0.29) is 22.9 Å². The zero-order valence-electron chi connectivity index (χ0n) is 16.3. The third kappa shape index (κ3) is 4.18. The first kappa shape index (κ1) is 20.3. The summed E-state index contributed by atoms with van der Waals surface area (Å²) in [6.45, 7) is 7.16. The number of carbonyl (C=O) groups is 1. The number of benzene rings is 1. The Labute approximate surface area is 161 Å². The second-order valence-electron chi connectivity index (χ2n) is 7.39. The molecule has 150 valence electrons. The molecule has 1 amide bonds. The lowest BCUT2D eigenvalue weighted by atomic mass is 10.1. The van der Waals surface area contributed by atoms with Gasteiger partial charge in [0.05, 0.1) is 11.5 Å². The minimum Gasteiger partial charge on any atom is -0.383 e. The molecule has 2 aliphatic rings. The van der Waals surface area contributed by atoms with E-state index in [4.69, 9.17) is 4.74 Å². The highest BCUT2D eigenvalue weighted by Gasteiger charge is 2.36. The van der Waals surface area contributed by atoms with Crippen molar-refractivity contribution in [2.24, 2.45) is 0 Å². The van der Waals surface area contributed by atoms with Crippen LogP contribution in [0.25, 0.3) is 0 Å². The third-order valence-corrected chi connectivity index (χ3v) is 7.33. The molecule has 2 unspecified atom stereocenters. The quantitative estimate of drug-likeness (QED) is 0.731. The van der Waals surface area contributed by atoms with Crippen LogP contribution >= 0.6 is 0 Å². The molecule has 2 atom stereocenters. The first-order valence-corrected chi connectivity index (χ1v) is 10.9. The van der Waals surface area contributed by atoms with Crippen LogP contribution in [0.1, 0.15) is 26.7 Å². The highest BCUT2D eigenvalue weighted by Crippen LogP contribution is 2.26. The van der Waals surface area contributed by atoms with E-state index in [0.717, 1.165) is 18.7 Å². The molecule has 1 aromatic carbocycles. The Morgan fingerprint density at radius 2 is 1.74 bits per heavy atom. The van der Waals surface area contributed by atoms with Gasteiger partial charge in [-0.05, 0) is 44.5 Å². The molecule has 0 bridgehead atoms. The van der Waals surface area contributed by atoms with Crippen molar-refractivity contribution < 1.29 is 17.9 Å². The average Bonchev–Trinajstić information content (AvgIpc) is 3.07. The highest BCUT2D eigenvalue weighted by molar-refractivity contribution is 7.89. The highest BCUT2D eigenvalue weighted by atomic mass is 32.2. The van der Waals surface area contributed by atoms with Gasteiger partial charge in [0, 0.05) is 57.5 Å². The average molecular weight is 396 g/mol. The third-order valence-electron chi connectivity index (χ3n) is 5.48. The predicted molar refractivity (Wildman–Crippen MR) is 104 cm³/mol. The summed E-state index contributed by atoms with van der Waals surface area (Å²) in [7, 11) is -1.88. The molecule has 27 heavy (non-hydrogen) atoms. The molecule has 0 aromatic heterocycles. The van der Waals surface area contributed by atoms with E-state index in [1.165, 1.54) is 0 Å². The number of rotatable bonds is 6. The Kier molecular flexibility index (Phi) is 6.20. The van der Waals surface area contributed by atoms with Crippen molar-refractivity contribution in [3.63, 3.8) is 0 Å². The van der Waals surface area contributed by atoms with Crippen molar-refractivity contribution in [3.05, 3.63) is 24.3 Å². The first-order chi connectivity index (χ1) is 12.8. The Balaban J connectivity index is 1.73. The molecular weight excluding hydrogens is 366 g/mol. The maximum absolute atomic E-state index is 13.1.